The molecule has 1 aliphatic heterocycles. The maximum Gasteiger partial charge on any atom is 0.326 e. The van der Waals surface area contributed by atoms with Crippen molar-refractivity contribution in [1.82, 2.24) is 14.7 Å². The molecule has 6 heteroatoms. The van der Waals surface area contributed by atoms with Crippen LogP contribution in [0, 0.1) is 6.92 Å². The molecule has 0 spiro atoms. The van der Waals surface area contributed by atoms with Gasteiger partial charge < -0.3 is 10.0 Å². The molecule has 0 radical (unpaired) electrons. The van der Waals surface area contributed by atoms with E-state index in [0.717, 1.165) is 18.5 Å². The Hall–Kier alpha value is -1.85. The molecule has 1 N–H and O–H groups in total. The van der Waals surface area contributed by atoms with Gasteiger partial charge in [0.05, 0.1) is 11.8 Å². The molecule has 1 aromatic rings. The number of aromatic nitrogens is 2. The lowest BCUT2D eigenvalue weighted by Crippen LogP contribution is -2.48. The summed E-state index contributed by atoms with van der Waals surface area (Å²) in [7, 11) is 0. The third-order valence-electron chi connectivity index (χ3n) is 3.81. The van der Waals surface area contributed by atoms with E-state index in [4.69, 9.17) is 0 Å². The number of carbonyl (C=O) groups excluding carboxylic acids is 1. The second kappa shape index (κ2) is 5.64. The van der Waals surface area contributed by atoms with E-state index < -0.39 is 12.0 Å². The number of hydrogen-bond acceptors (Lipinski definition) is 3. The zero-order valence-electron chi connectivity index (χ0n) is 12.2. The van der Waals surface area contributed by atoms with Gasteiger partial charge in [0, 0.05) is 18.3 Å². The molecule has 1 atom stereocenters. The topological polar surface area (TPSA) is 75.4 Å². The SMILES string of the molecule is Cc1c(C(=O)N2CCCCC2C(=O)O)cnn1C(C)C. The minimum absolute atomic E-state index is 0.174. The maximum atomic E-state index is 12.6. The van der Waals surface area contributed by atoms with Crippen molar-refractivity contribution < 1.29 is 14.7 Å². The average Bonchev–Trinajstić information content (AvgIpc) is 2.79. The van der Waals surface area contributed by atoms with Crippen LogP contribution in [-0.2, 0) is 4.79 Å². The van der Waals surface area contributed by atoms with Crippen LogP contribution in [0.2, 0.25) is 0 Å². The van der Waals surface area contributed by atoms with Crippen molar-refractivity contribution in [2.24, 2.45) is 0 Å². The van der Waals surface area contributed by atoms with Gasteiger partial charge in [-0.05, 0) is 40.0 Å². The number of rotatable bonds is 3. The molecule has 0 aliphatic carbocycles. The van der Waals surface area contributed by atoms with Gasteiger partial charge in [-0.25, -0.2) is 4.79 Å². The van der Waals surface area contributed by atoms with E-state index in [0.29, 0.717) is 18.5 Å². The van der Waals surface area contributed by atoms with Gasteiger partial charge in [0.1, 0.15) is 6.04 Å². The van der Waals surface area contributed by atoms with E-state index >= 15 is 0 Å². The van der Waals surface area contributed by atoms with Crippen LogP contribution in [0.5, 0.6) is 0 Å². The summed E-state index contributed by atoms with van der Waals surface area (Å²) >= 11 is 0. The molecule has 0 bridgehead atoms. The van der Waals surface area contributed by atoms with Gasteiger partial charge in [-0.15, -0.1) is 0 Å². The zero-order chi connectivity index (χ0) is 14.9. The summed E-state index contributed by atoms with van der Waals surface area (Å²) < 4.78 is 1.78. The third-order valence-corrected chi connectivity index (χ3v) is 3.81. The smallest absolute Gasteiger partial charge is 0.326 e. The van der Waals surface area contributed by atoms with Crippen LogP contribution >= 0.6 is 0 Å². The number of nitrogens with zero attached hydrogens (tertiary/aromatic N) is 3. The van der Waals surface area contributed by atoms with Gasteiger partial charge in [0.2, 0.25) is 0 Å². The minimum atomic E-state index is -0.924. The molecule has 1 fully saturated rings. The summed E-state index contributed by atoms with van der Waals surface area (Å²) in [5, 5.41) is 13.5. The van der Waals surface area contributed by atoms with Crippen LogP contribution in [0.3, 0.4) is 0 Å². The number of piperidine rings is 1. The highest BCUT2D eigenvalue weighted by Crippen LogP contribution is 2.22. The quantitative estimate of drug-likeness (QED) is 0.916. The summed E-state index contributed by atoms with van der Waals surface area (Å²) in [6.45, 7) is 6.34. The second-order valence-electron chi connectivity index (χ2n) is 5.53. The van der Waals surface area contributed by atoms with Crippen molar-refractivity contribution in [2.45, 2.75) is 52.1 Å². The Labute approximate surface area is 118 Å². The number of carboxylic acids is 1. The lowest BCUT2D eigenvalue weighted by atomic mass is 10.0. The number of hydrogen-bond donors (Lipinski definition) is 1. The standard InChI is InChI=1S/C14H21N3O3/c1-9(2)17-10(3)11(8-15-17)13(18)16-7-5-4-6-12(16)14(19)20/h8-9,12H,4-7H2,1-3H3,(H,19,20). The third kappa shape index (κ3) is 2.55. The molecule has 0 aromatic carbocycles. The molecule has 0 saturated carbocycles. The fraction of sp³-hybridized carbons (Fsp3) is 0.643. The van der Waals surface area contributed by atoms with Crippen molar-refractivity contribution >= 4 is 11.9 Å². The molecule has 1 amide bonds. The Morgan fingerprint density at radius 3 is 2.65 bits per heavy atom. The van der Waals surface area contributed by atoms with E-state index in [1.807, 2.05) is 20.8 Å². The van der Waals surface area contributed by atoms with Crippen LogP contribution in [0.1, 0.15) is 55.2 Å². The summed E-state index contributed by atoms with van der Waals surface area (Å²) in [4.78, 5) is 25.3. The molecule has 20 heavy (non-hydrogen) atoms. The van der Waals surface area contributed by atoms with Crippen molar-refractivity contribution in [3.05, 3.63) is 17.5 Å². The van der Waals surface area contributed by atoms with E-state index in [1.165, 1.54) is 4.90 Å². The molecular formula is C14H21N3O3. The molecule has 1 aliphatic rings. The van der Waals surface area contributed by atoms with Crippen LogP contribution in [-0.4, -0.2) is 44.3 Å². The highest BCUT2D eigenvalue weighted by molar-refractivity contribution is 5.97. The van der Waals surface area contributed by atoms with E-state index in [9.17, 15) is 14.7 Å². The first kappa shape index (κ1) is 14.6. The Balaban J connectivity index is 2.28. The van der Waals surface area contributed by atoms with Crippen LogP contribution in [0.4, 0.5) is 0 Å². The van der Waals surface area contributed by atoms with Gasteiger partial charge in [0.25, 0.3) is 5.91 Å². The molecule has 110 valence electrons. The Morgan fingerprint density at radius 2 is 2.10 bits per heavy atom. The van der Waals surface area contributed by atoms with Crippen molar-refractivity contribution in [1.29, 1.82) is 0 Å². The van der Waals surface area contributed by atoms with Crippen LogP contribution < -0.4 is 0 Å². The molecule has 1 aromatic heterocycles. The van der Waals surface area contributed by atoms with Gasteiger partial charge in [-0.3, -0.25) is 9.48 Å². The summed E-state index contributed by atoms with van der Waals surface area (Å²) in [6, 6.07) is -0.536. The van der Waals surface area contributed by atoms with Gasteiger partial charge in [0.15, 0.2) is 0 Å². The fourth-order valence-electron chi connectivity index (χ4n) is 2.74. The van der Waals surface area contributed by atoms with Crippen molar-refractivity contribution in [2.75, 3.05) is 6.54 Å². The van der Waals surface area contributed by atoms with Crippen molar-refractivity contribution in [3.8, 4) is 0 Å². The number of carbonyl (C=O) groups is 2. The Bertz CT molecular complexity index is 522. The van der Waals surface area contributed by atoms with Gasteiger partial charge >= 0.3 is 5.97 Å². The molecule has 1 unspecified atom stereocenters. The Morgan fingerprint density at radius 1 is 1.40 bits per heavy atom. The first-order valence-corrected chi connectivity index (χ1v) is 7.01. The number of amides is 1. The molecule has 2 heterocycles. The highest BCUT2D eigenvalue weighted by atomic mass is 16.4. The number of carboxylic acid groups (broad SMARTS) is 1. The van der Waals surface area contributed by atoms with E-state index in [-0.39, 0.29) is 11.9 Å². The van der Waals surface area contributed by atoms with Crippen molar-refractivity contribution in [3.63, 3.8) is 0 Å². The largest absolute Gasteiger partial charge is 0.480 e. The van der Waals surface area contributed by atoms with Gasteiger partial charge in [-0.2, -0.15) is 5.10 Å². The number of likely N-dealkylation sites (tertiary alicyclic amines) is 1. The monoisotopic (exact) mass is 279 g/mol. The molecular weight excluding hydrogens is 258 g/mol. The lowest BCUT2D eigenvalue weighted by molar-refractivity contribution is -0.143. The van der Waals surface area contributed by atoms with Crippen LogP contribution in [0.25, 0.3) is 0 Å². The molecule has 6 nitrogen and oxygen atoms in total. The maximum absolute atomic E-state index is 12.6. The van der Waals surface area contributed by atoms with E-state index in [1.54, 1.807) is 10.9 Å². The first-order valence-electron chi connectivity index (χ1n) is 7.01. The summed E-state index contributed by atoms with van der Waals surface area (Å²) in [5.74, 6) is -1.14. The summed E-state index contributed by atoms with van der Waals surface area (Å²) in [6.07, 6.45) is 3.78. The first-order chi connectivity index (χ1) is 9.43. The predicted molar refractivity (Wildman–Crippen MR) is 73.7 cm³/mol. The summed E-state index contributed by atoms with van der Waals surface area (Å²) in [5.41, 5.74) is 1.30. The minimum Gasteiger partial charge on any atom is -0.480 e. The predicted octanol–water partition coefficient (Wildman–Crippen LogP) is 1.85. The number of aliphatic carboxylic acids is 1. The zero-order valence-corrected chi connectivity index (χ0v) is 12.2. The normalized spacial score (nSPS) is 19.4. The van der Waals surface area contributed by atoms with Gasteiger partial charge in [-0.1, -0.05) is 0 Å². The Kier molecular flexibility index (Phi) is 4.11. The average molecular weight is 279 g/mol. The highest BCUT2D eigenvalue weighted by Gasteiger charge is 2.33. The van der Waals surface area contributed by atoms with Crippen LogP contribution in [0.15, 0.2) is 6.20 Å². The lowest BCUT2D eigenvalue weighted by Gasteiger charge is -2.32. The van der Waals surface area contributed by atoms with E-state index in [2.05, 4.69) is 5.10 Å². The second-order valence-corrected chi connectivity index (χ2v) is 5.53. The molecule has 1 saturated heterocycles. The molecule has 2 rings (SSSR count). The fourth-order valence-corrected chi connectivity index (χ4v) is 2.74.